The minimum absolute atomic E-state index is 0. The van der Waals surface area contributed by atoms with E-state index in [1.54, 1.807) is 12.1 Å². The van der Waals surface area contributed by atoms with Crippen molar-refractivity contribution in [2.75, 3.05) is 13.2 Å². The number of hydrogen-bond acceptors (Lipinski definition) is 4. The maximum absolute atomic E-state index is 10.6. The number of nitrogens with zero attached hydrogens (tertiary/aromatic N) is 1. The molecule has 0 spiro atoms. The number of halogens is 1. The molecule has 0 radical (unpaired) electrons. The first-order valence-electron chi connectivity index (χ1n) is 5.79. The molecule has 0 aliphatic carbocycles. The summed E-state index contributed by atoms with van der Waals surface area (Å²) in [5.41, 5.74) is 1.05. The molecule has 0 saturated carbocycles. The average Bonchev–Trinajstić information content (AvgIpc) is 2.34. The molecule has 0 bridgehead atoms. The second-order valence-electron chi connectivity index (χ2n) is 3.89. The van der Waals surface area contributed by atoms with Crippen LogP contribution in [0.25, 0.3) is 0 Å². The largest absolute Gasteiger partial charge is 0.396 e. The smallest absolute Gasteiger partial charge is 0.269 e. The van der Waals surface area contributed by atoms with Gasteiger partial charge in [-0.15, -0.1) is 12.4 Å². The summed E-state index contributed by atoms with van der Waals surface area (Å²) in [5, 5.41) is 22.4. The number of hydrogen-bond donors (Lipinski definition) is 2. The lowest BCUT2D eigenvalue weighted by Crippen LogP contribution is -2.14. The highest BCUT2D eigenvalue weighted by atomic mass is 35.5. The molecule has 0 atom stereocenters. The predicted octanol–water partition coefficient (Wildman–Crippen LogP) is 2.27. The SMILES string of the molecule is Cl.O=[N+]([O-])c1cccc(CNCCCCCO)c1. The number of nitro groups is 1. The predicted molar refractivity (Wildman–Crippen MR) is 73.0 cm³/mol. The maximum atomic E-state index is 10.6. The molecule has 1 aromatic carbocycles. The Labute approximate surface area is 113 Å². The van der Waals surface area contributed by atoms with Crippen LogP contribution in [0.4, 0.5) is 5.69 Å². The van der Waals surface area contributed by atoms with Gasteiger partial charge in [-0.1, -0.05) is 12.1 Å². The molecule has 0 aliphatic rings. The first kappa shape index (κ1) is 16.8. The molecular weight excluding hydrogens is 256 g/mol. The van der Waals surface area contributed by atoms with Gasteiger partial charge in [-0.25, -0.2) is 0 Å². The number of non-ortho nitro benzene ring substituents is 1. The average molecular weight is 275 g/mol. The second-order valence-corrected chi connectivity index (χ2v) is 3.89. The van der Waals surface area contributed by atoms with Crippen LogP contribution in [0.3, 0.4) is 0 Å². The Balaban J connectivity index is 0.00000289. The molecule has 0 heterocycles. The van der Waals surface area contributed by atoms with Gasteiger partial charge in [0, 0.05) is 25.3 Å². The van der Waals surface area contributed by atoms with E-state index >= 15 is 0 Å². The van der Waals surface area contributed by atoms with Crippen LogP contribution in [0.2, 0.25) is 0 Å². The third kappa shape index (κ3) is 6.54. The number of nitro benzene ring substituents is 1. The molecule has 0 saturated heterocycles. The van der Waals surface area contributed by atoms with Crippen LogP contribution in [-0.2, 0) is 6.54 Å². The van der Waals surface area contributed by atoms with E-state index in [9.17, 15) is 10.1 Å². The highest BCUT2D eigenvalue weighted by Gasteiger charge is 2.04. The van der Waals surface area contributed by atoms with Gasteiger partial charge in [-0.2, -0.15) is 0 Å². The van der Waals surface area contributed by atoms with E-state index in [4.69, 9.17) is 5.11 Å². The van der Waals surface area contributed by atoms with Crippen molar-refractivity contribution in [3.05, 3.63) is 39.9 Å². The van der Waals surface area contributed by atoms with Gasteiger partial charge in [0.15, 0.2) is 0 Å². The van der Waals surface area contributed by atoms with Gasteiger partial charge in [0.05, 0.1) is 4.92 Å². The Morgan fingerprint density at radius 1 is 1.28 bits per heavy atom. The van der Waals surface area contributed by atoms with Crippen LogP contribution in [0.15, 0.2) is 24.3 Å². The molecule has 5 nitrogen and oxygen atoms in total. The van der Waals surface area contributed by atoms with Crippen LogP contribution >= 0.6 is 12.4 Å². The molecule has 1 rings (SSSR count). The van der Waals surface area contributed by atoms with Crippen molar-refractivity contribution in [2.24, 2.45) is 0 Å². The van der Waals surface area contributed by atoms with Crippen LogP contribution in [0.5, 0.6) is 0 Å². The fourth-order valence-corrected chi connectivity index (χ4v) is 1.55. The van der Waals surface area contributed by atoms with Crippen molar-refractivity contribution < 1.29 is 10.0 Å². The van der Waals surface area contributed by atoms with Gasteiger partial charge in [-0.3, -0.25) is 10.1 Å². The van der Waals surface area contributed by atoms with Crippen LogP contribution < -0.4 is 5.32 Å². The fraction of sp³-hybridized carbons (Fsp3) is 0.500. The van der Waals surface area contributed by atoms with Gasteiger partial charge >= 0.3 is 0 Å². The minimum Gasteiger partial charge on any atom is -0.396 e. The first-order valence-corrected chi connectivity index (χ1v) is 5.79. The summed E-state index contributed by atoms with van der Waals surface area (Å²) in [4.78, 5) is 10.2. The normalized spacial score (nSPS) is 9.83. The molecular formula is C12H19ClN2O3. The van der Waals surface area contributed by atoms with Crippen molar-refractivity contribution in [1.82, 2.24) is 5.32 Å². The lowest BCUT2D eigenvalue weighted by atomic mass is 10.2. The summed E-state index contributed by atoms with van der Waals surface area (Å²) >= 11 is 0. The highest BCUT2D eigenvalue weighted by molar-refractivity contribution is 5.85. The summed E-state index contributed by atoms with van der Waals surface area (Å²) < 4.78 is 0. The zero-order valence-corrected chi connectivity index (χ0v) is 11.0. The Hall–Kier alpha value is -1.17. The highest BCUT2D eigenvalue weighted by Crippen LogP contribution is 2.12. The van der Waals surface area contributed by atoms with E-state index in [-0.39, 0.29) is 29.6 Å². The molecule has 102 valence electrons. The van der Waals surface area contributed by atoms with E-state index in [1.807, 2.05) is 6.07 Å². The summed E-state index contributed by atoms with van der Waals surface area (Å²) in [6.07, 6.45) is 2.84. The van der Waals surface area contributed by atoms with Crippen molar-refractivity contribution in [3.63, 3.8) is 0 Å². The summed E-state index contributed by atoms with van der Waals surface area (Å²) in [7, 11) is 0. The topological polar surface area (TPSA) is 75.4 Å². The van der Waals surface area contributed by atoms with Crippen LogP contribution in [0.1, 0.15) is 24.8 Å². The maximum Gasteiger partial charge on any atom is 0.269 e. The molecule has 0 amide bonds. The number of nitrogens with one attached hydrogen (secondary N) is 1. The standard InChI is InChI=1S/C12H18N2O3.ClH/c15-8-3-1-2-7-13-10-11-5-4-6-12(9-11)14(16)17;/h4-6,9,13,15H,1-3,7-8,10H2;1H. The summed E-state index contributed by atoms with van der Waals surface area (Å²) in [6, 6.07) is 6.64. The molecule has 0 fully saturated rings. The second kappa shape index (κ2) is 9.82. The monoisotopic (exact) mass is 274 g/mol. The third-order valence-electron chi connectivity index (χ3n) is 2.46. The van der Waals surface area contributed by atoms with Crippen LogP contribution in [-0.4, -0.2) is 23.2 Å². The quantitative estimate of drug-likeness (QED) is 0.433. The molecule has 6 heteroatoms. The van der Waals surface area contributed by atoms with Crippen molar-refractivity contribution >= 4 is 18.1 Å². The zero-order valence-electron chi connectivity index (χ0n) is 10.2. The molecule has 0 aromatic heterocycles. The van der Waals surface area contributed by atoms with Gasteiger partial charge in [0.25, 0.3) is 5.69 Å². The van der Waals surface area contributed by atoms with Crippen molar-refractivity contribution in [2.45, 2.75) is 25.8 Å². The Morgan fingerprint density at radius 2 is 2.06 bits per heavy atom. The third-order valence-corrected chi connectivity index (χ3v) is 2.46. The number of rotatable bonds is 8. The number of aliphatic hydroxyl groups excluding tert-OH is 1. The molecule has 2 N–H and O–H groups in total. The molecule has 1 aromatic rings. The van der Waals surface area contributed by atoms with Gasteiger partial charge in [0.2, 0.25) is 0 Å². The lowest BCUT2D eigenvalue weighted by Gasteiger charge is -2.04. The van der Waals surface area contributed by atoms with E-state index in [2.05, 4.69) is 5.32 Å². The number of aliphatic hydroxyl groups is 1. The minimum atomic E-state index is -0.384. The molecule has 0 unspecified atom stereocenters. The van der Waals surface area contributed by atoms with Crippen LogP contribution in [0, 0.1) is 10.1 Å². The molecule has 18 heavy (non-hydrogen) atoms. The van der Waals surface area contributed by atoms with Crippen molar-refractivity contribution in [3.8, 4) is 0 Å². The first-order chi connectivity index (χ1) is 8.24. The Morgan fingerprint density at radius 3 is 2.72 bits per heavy atom. The van der Waals surface area contributed by atoms with Gasteiger partial charge in [-0.05, 0) is 31.4 Å². The summed E-state index contributed by atoms with van der Waals surface area (Å²) in [5.74, 6) is 0. The Bertz CT molecular complexity index is 361. The van der Waals surface area contributed by atoms with E-state index in [0.29, 0.717) is 6.54 Å². The Kier molecular flexibility index (Phi) is 9.18. The van der Waals surface area contributed by atoms with Crippen molar-refractivity contribution in [1.29, 1.82) is 0 Å². The van der Waals surface area contributed by atoms with Gasteiger partial charge in [0.1, 0.15) is 0 Å². The number of benzene rings is 1. The fourth-order valence-electron chi connectivity index (χ4n) is 1.55. The summed E-state index contributed by atoms with van der Waals surface area (Å²) in [6.45, 7) is 1.74. The van der Waals surface area contributed by atoms with E-state index in [1.165, 1.54) is 6.07 Å². The van der Waals surface area contributed by atoms with E-state index < -0.39 is 0 Å². The zero-order chi connectivity index (χ0) is 12.5. The lowest BCUT2D eigenvalue weighted by molar-refractivity contribution is -0.384. The molecule has 0 aliphatic heterocycles. The number of unbranched alkanes of at least 4 members (excludes halogenated alkanes) is 2. The van der Waals surface area contributed by atoms with Gasteiger partial charge < -0.3 is 10.4 Å². The van der Waals surface area contributed by atoms with E-state index in [0.717, 1.165) is 31.4 Å².